The number of rotatable bonds is 4. The molecular weight excluding hydrogens is 324 g/mol. The number of nitrogens with one attached hydrogen (secondary N) is 2. The quantitative estimate of drug-likeness (QED) is 0.865. The van der Waals surface area contributed by atoms with Crippen molar-refractivity contribution in [2.75, 3.05) is 0 Å². The van der Waals surface area contributed by atoms with Gasteiger partial charge in [0.25, 0.3) is 5.91 Å². The van der Waals surface area contributed by atoms with E-state index >= 15 is 0 Å². The summed E-state index contributed by atoms with van der Waals surface area (Å²) < 4.78 is 5.77. The molecule has 1 atom stereocenters. The van der Waals surface area contributed by atoms with Gasteiger partial charge in [-0.3, -0.25) is 4.79 Å². The molecule has 1 saturated heterocycles. The Labute approximate surface area is 150 Å². The van der Waals surface area contributed by atoms with Gasteiger partial charge in [-0.25, -0.2) is 0 Å². The topological polar surface area (TPSA) is 50.4 Å². The average Bonchev–Trinajstić information content (AvgIpc) is 2.39. The van der Waals surface area contributed by atoms with Crippen LogP contribution in [0.5, 0.6) is 5.75 Å². The number of aryl methyl sites for hydroxylation is 1. The maximum atomic E-state index is 12.5. The molecule has 1 aliphatic heterocycles. The van der Waals surface area contributed by atoms with Crippen molar-refractivity contribution in [1.82, 2.24) is 10.6 Å². The van der Waals surface area contributed by atoms with E-state index in [9.17, 15) is 4.79 Å². The lowest BCUT2D eigenvalue weighted by Gasteiger charge is -2.46. The molecule has 1 fully saturated rings. The number of piperidine rings is 1. The molecule has 1 aliphatic rings. The van der Waals surface area contributed by atoms with Crippen molar-refractivity contribution in [2.45, 2.75) is 77.6 Å². The summed E-state index contributed by atoms with van der Waals surface area (Å²) in [5.41, 5.74) is 0.928. The van der Waals surface area contributed by atoms with E-state index in [4.69, 9.17) is 16.3 Å². The third-order valence-corrected chi connectivity index (χ3v) is 4.77. The molecule has 2 N–H and O–H groups in total. The molecule has 0 bridgehead atoms. The molecule has 1 aromatic carbocycles. The minimum Gasteiger partial charge on any atom is -0.481 e. The Hall–Kier alpha value is -1.26. The van der Waals surface area contributed by atoms with Gasteiger partial charge in [0.1, 0.15) is 5.75 Å². The molecule has 134 valence electrons. The zero-order valence-electron chi connectivity index (χ0n) is 15.5. The van der Waals surface area contributed by atoms with Crippen LogP contribution >= 0.6 is 11.6 Å². The monoisotopic (exact) mass is 352 g/mol. The maximum Gasteiger partial charge on any atom is 0.260 e. The van der Waals surface area contributed by atoms with Gasteiger partial charge in [0.2, 0.25) is 0 Å². The lowest BCUT2D eigenvalue weighted by Crippen LogP contribution is -2.62. The third kappa shape index (κ3) is 5.12. The maximum absolute atomic E-state index is 12.5. The highest BCUT2D eigenvalue weighted by Crippen LogP contribution is 2.28. The smallest absolute Gasteiger partial charge is 0.260 e. The average molecular weight is 353 g/mol. The van der Waals surface area contributed by atoms with E-state index < -0.39 is 6.10 Å². The van der Waals surface area contributed by atoms with Gasteiger partial charge in [-0.15, -0.1) is 0 Å². The molecule has 1 aromatic rings. The van der Waals surface area contributed by atoms with Crippen LogP contribution in [0.2, 0.25) is 5.02 Å². The summed E-state index contributed by atoms with van der Waals surface area (Å²) in [5, 5.41) is 7.46. The van der Waals surface area contributed by atoms with E-state index in [2.05, 4.69) is 38.3 Å². The van der Waals surface area contributed by atoms with Crippen molar-refractivity contribution in [2.24, 2.45) is 0 Å². The van der Waals surface area contributed by atoms with Crippen molar-refractivity contribution in [3.63, 3.8) is 0 Å². The first-order chi connectivity index (χ1) is 11.0. The highest BCUT2D eigenvalue weighted by molar-refractivity contribution is 6.31. The number of hydrogen-bond acceptors (Lipinski definition) is 3. The number of carbonyl (C=O) groups excluding carboxylic acids is 1. The van der Waals surface area contributed by atoms with E-state index in [0.717, 1.165) is 18.4 Å². The van der Waals surface area contributed by atoms with Crippen LogP contribution in [0, 0.1) is 6.92 Å². The van der Waals surface area contributed by atoms with E-state index in [1.54, 1.807) is 19.1 Å². The number of ether oxygens (including phenoxy) is 1. The Kier molecular flexibility index (Phi) is 5.50. The fourth-order valence-corrected chi connectivity index (χ4v) is 3.81. The van der Waals surface area contributed by atoms with Gasteiger partial charge in [0.05, 0.1) is 0 Å². The molecule has 0 aromatic heterocycles. The summed E-state index contributed by atoms with van der Waals surface area (Å²) in [6.07, 6.45) is 1.25. The Morgan fingerprint density at radius 1 is 1.29 bits per heavy atom. The van der Waals surface area contributed by atoms with Crippen LogP contribution in [-0.2, 0) is 4.79 Å². The van der Waals surface area contributed by atoms with Crippen molar-refractivity contribution in [3.8, 4) is 5.75 Å². The minimum atomic E-state index is -0.549. The van der Waals surface area contributed by atoms with Gasteiger partial charge in [-0.2, -0.15) is 0 Å². The lowest BCUT2D eigenvalue weighted by atomic mass is 9.79. The van der Waals surface area contributed by atoms with E-state index in [0.29, 0.717) is 10.8 Å². The number of carbonyl (C=O) groups is 1. The predicted octanol–water partition coefficient (Wildman–Crippen LogP) is 3.84. The number of amides is 1. The normalized spacial score (nSPS) is 21.1. The molecule has 0 radical (unpaired) electrons. The predicted molar refractivity (Wildman–Crippen MR) is 98.7 cm³/mol. The fraction of sp³-hybridized carbons (Fsp3) is 0.632. The van der Waals surface area contributed by atoms with Crippen molar-refractivity contribution < 1.29 is 9.53 Å². The van der Waals surface area contributed by atoms with Gasteiger partial charge >= 0.3 is 0 Å². The highest BCUT2D eigenvalue weighted by atomic mass is 35.5. The van der Waals surface area contributed by atoms with Gasteiger partial charge in [-0.1, -0.05) is 11.6 Å². The van der Waals surface area contributed by atoms with Crippen LogP contribution in [0.15, 0.2) is 18.2 Å². The zero-order chi connectivity index (χ0) is 18.1. The summed E-state index contributed by atoms with van der Waals surface area (Å²) in [4.78, 5) is 12.5. The third-order valence-electron chi connectivity index (χ3n) is 4.35. The Balaban J connectivity index is 1.97. The van der Waals surface area contributed by atoms with Gasteiger partial charge in [-0.05, 0) is 78.1 Å². The Bertz CT molecular complexity index is 597. The molecule has 24 heavy (non-hydrogen) atoms. The first-order valence-corrected chi connectivity index (χ1v) is 8.88. The summed E-state index contributed by atoms with van der Waals surface area (Å²) in [7, 11) is 0. The second-order valence-electron chi connectivity index (χ2n) is 8.18. The number of hydrogen-bond donors (Lipinski definition) is 2. The molecule has 0 unspecified atom stereocenters. The molecular formula is C19H29ClN2O2. The van der Waals surface area contributed by atoms with Crippen LogP contribution in [0.4, 0.5) is 0 Å². The van der Waals surface area contributed by atoms with Gasteiger partial charge in [0, 0.05) is 22.1 Å². The van der Waals surface area contributed by atoms with Crippen LogP contribution in [0.3, 0.4) is 0 Å². The molecule has 1 amide bonds. The van der Waals surface area contributed by atoms with Crippen LogP contribution < -0.4 is 15.4 Å². The molecule has 5 heteroatoms. The largest absolute Gasteiger partial charge is 0.481 e. The number of halogens is 1. The van der Waals surface area contributed by atoms with Crippen molar-refractivity contribution >= 4 is 17.5 Å². The van der Waals surface area contributed by atoms with Crippen LogP contribution in [0.1, 0.15) is 53.0 Å². The van der Waals surface area contributed by atoms with E-state index in [1.165, 1.54) is 0 Å². The van der Waals surface area contributed by atoms with Crippen LogP contribution in [-0.4, -0.2) is 29.1 Å². The zero-order valence-corrected chi connectivity index (χ0v) is 16.3. The molecule has 0 spiro atoms. The van der Waals surface area contributed by atoms with Gasteiger partial charge < -0.3 is 15.4 Å². The fourth-order valence-electron chi connectivity index (χ4n) is 3.69. The minimum absolute atomic E-state index is 0.00289. The molecule has 1 heterocycles. The molecule has 2 rings (SSSR count). The van der Waals surface area contributed by atoms with Gasteiger partial charge in [0.15, 0.2) is 6.10 Å². The van der Waals surface area contributed by atoms with E-state index in [1.807, 2.05) is 13.0 Å². The van der Waals surface area contributed by atoms with E-state index in [-0.39, 0.29) is 23.0 Å². The first-order valence-electron chi connectivity index (χ1n) is 8.50. The van der Waals surface area contributed by atoms with Crippen molar-refractivity contribution in [1.29, 1.82) is 0 Å². The molecule has 0 aliphatic carbocycles. The van der Waals surface area contributed by atoms with Crippen LogP contribution in [0.25, 0.3) is 0 Å². The summed E-state index contributed by atoms with van der Waals surface area (Å²) >= 11 is 6.02. The molecule has 0 saturated carbocycles. The first kappa shape index (κ1) is 19.1. The standard InChI is InChI=1S/C19H29ClN2O2/c1-12-9-15(7-8-16(12)20)24-13(2)17(23)21-14-10-18(3,4)22-19(5,6)11-14/h7-9,13-14,22H,10-11H2,1-6H3,(H,21,23)/t13-/m1/s1. The Morgan fingerprint density at radius 2 is 1.88 bits per heavy atom. The Morgan fingerprint density at radius 3 is 2.42 bits per heavy atom. The van der Waals surface area contributed by atoms with Crippen molar-refractivity contribution in [3.05, 3.63) is 28.8 Å². The SMILES string of the molecule is Cc1cc(O[C@H](C)C(=O)NC2CC(C)(C)NC(C)(C)C2)ccc1Cl. The number of benzene rings is 1. The lowest BCUT2D eigenvalue weighted by molar-refractivity contribution is -0.128. The highest BCUT2D eigenvalue weighted by Gasteiger charge is 2.38. The summed E-state index contributed by atoms with van der Waals surface area (Å²) in [5.74, 6) is 0.576. The summed E-state index contributed by atoms with van der Waals surface area (Å²) in [6, 6.07) is 5.56. The second kappa shape index (κ2) is 6.93. The second-order valence-corrected chi connectivity index (χ2v) is 8.58. The molecule has 4 nitrogen and oxygen atoms in total. The summed E-state index contributed by atoms with van der Waals surface area (Å²) in [6.45, 7) is 12.4.